The van der Waals surface area contributed by atoms with Crippen molar-refractivity contribution in [3.8, 4) is 11.5 Å². The van der Waals surface area contributed by atoms with E-state index in [1.165, 1.54) is 5.56 Å². The summed E-state index contributed by atoms with van der Waals surface area (Å²) in [6.45, 7) is 5.19. The molecule has 6 heteroatoms. The number of hydrogen-bond donors (Lipinski definition) is 1. The van der Waals surface area contributed by atoms with Gasteiger partial charge in [0, 0.05) is 32.7 Å². The fourth-order valence-electron chi connectivity index (χ4n) is 2.39. The Kier molecular flexibility index (Phi) is 3.81. The Morgan fingerprint density at radius 2 is 1.89 bits per heavy atom. The molecule has 0 aliphatic carbocycles. The molecule has 0 amide bonds. The molecule has 0 atom stereocenters. The highest BCUT2D eigenvalue weighted by Gasteiger charge is 2.19. The minimum atomic E-state index is 0.330. The summed E-state index contributed by atoms with van der Waals surface area (Å²) in [5.41, 5.74) is 1.26. The molecule has 0 N–H and O–H groups in total. The maximum atomic E-state index is 5.40. The number of rotatable bonds is 2. The molecular weight excluding hydrogens is 280 g/mol. The minimum Gasteiger partial charge on any atom is -0.454 e. The van der Waals surface area contributed by atoms with Gasteiger partial charge in [0.2, 0.25) is 6.79 Å². The fraction of sp³-hybridized carbons (Fsp3) is 0.462. The van der Waals surface area contributed by atoms with E-state index in [0.29, 0.717) is 11.1 Å². The molecule has 102 valence electrons. The van der Waals surface area contributed by atoms with Crippen LogP contribution in [0, 0.1) is 0 Å². The monoisotopic (exact) mass is 296 g/mol. The zero-order valence-electron chi connectivity index (χ0n) is 10.5. The van der Waals surface area contributed by atoms with Gasteiger partial charge in [0.25, 0.3) is 0 Å². The lowest BCUT2D eigenvalue weighted by atomic mass is 10.1. The van der Waals surface area contributed by atoms with Crippen LogP contribution in [0.1, 0.15) is 5.56 Å². The number of thiol groups is 1. The molecule has 0 saturated carbocycles. The molecular formula is C13H16N2O2S2. The van der Waals surface area contributed by atoms with Crippen LogP contribution in [0.3, 0.4) is 0 Å². The number of fused-ring (bicyclic) bond motifs is 1. The van der Waals surface area contributed by atoms with Gasteiger partial charge in [-0.05, 0) is 17.7 Å². The third kappa shape index (κ3) is 2.96. The lowest BCUT2D eigenvalue weighted by Gasteiger charge is -2.35. The van der Waals surface area contributed by atoms with E-state index < -0.39 is 0 Å². The van der Waals surface area contributed by atoms with Crippen LogP contribution in [-0.4, -0.2) is 47.1 Å². The lowest BCUT2D eigenvalue weighted by Crippen LogP contribution is -2.46. The van der Waals surface area contributed by atoms with Crippen LogP contribution in [0.4, 0.5) is 0 Å². The molecule has 3 rings (SSSR count). The number of piperazine rings is 1. The number of hydrogen-bond acceptors (Lipinski definition) is 4. The van der Waals surface area contributed by atoms with Crippen LogP contribution in [0.25, 0.3) is 0 Å². The topological polar surface area (TPSA) is 24.9 Å². The van der Waals surface area contributed by atoms with E-state index in [2.05, 4.69) is 34.6 Å². The van der Waals surface area contributed by atoms with Crippen LogP contribution >= 0.6 is 24.8 Å². The van der Waals surface area contributed by atoms with Crippen molar-refractivity contribution in [1.29, 1.82) is 0 Å². The average molecular weight is 296 g/mol. The van der Waals surface area contributed by atoms with Gasteiger partial charge in [0.05, 0.1) is 0 Å². The van der Waals surface area contributed by atoms with E-state index in [-0.39, 0.29) is 0 Å². The quantitative estimate of drug-likeness (QED) is 0.662. The highest BCUT2D eigenvalue weighted by atomic mass is 32.1. The summed E-state index contributed by atoms with van der Waals surface area (Å²) in [5.74, 6) is 1.70. The van der Waals surface area contributed by atoms with Crippen LogP contribution in [0.15, 0.2) is 18.2 Å². The molecule has 0 radical (unpaired) electrons. The number of benzene rings is 1. The van der Waals surface area contributed by atoms with Crippen molar-refractivity contribution < 1.29 is 9.47 Å². The van der Waals surface area contributed by atoms with Gasteiger partial charge in [-0.2, -0.15) is 0 Å². The maximum Gasteiger partial charge on any atom is 0.231 e. The smallest absolute Gasteiger partial charge is 0.231 e. The number of nitrogens with zero attached hydrogens (tertiary/aromatic N) is 2. The molecule has 4 nitrogen and oxygen atoms in total. The van der Waals surface area contributed by atoms with Crippen molar-refractivity contribution in [3.05, 3.63) is 23.8 Å². The van der Waals surface area contributed by atoms with E-state index in [0.717, 1.165) is 44.2 Å². The first-order chi connectivity index (χ1) is 9.22. The van der Waals surface area contributed by atoms with E-state index in [1.54, 1.807) is 0 Å². The molecule has 1 saturated heterocycles. The Bertz CT molecular complexity index is 488. The van der Waals surface area contributed by atoms with Crippen LogP contribution in [0.2, 0.25) is 0 Å². The Hall–Kier alpha value is -0.980. The van der Waals surface area contributed by atoms with E-state index >= 15 is 0 Å². The van der Waals surface area contributed by atoms with Crippen molar-refractivity contribution in [2.75, 3.05) is 33.0 Å². The number of ether oxygens (including phenoxy) is 2. The highest BCUT2D eigenvalue weighted by Crippen LogP contribution is 2.32. The normalized spacial score (nSPS) is 18.7. The van der Waals surface area contributed by atoms with Crippen LogP contribution in [-0.2, 0) is 6.54 Å². The van der Waals surface area contributed by atoms with E-state index in [1.807, 2.05) is 6.07 Å². The Balaban J connectivity index is 1.59. The molecule has 2 heterocycles. The molecule has 1 fully saturated rings. The first-order valence-corrected chi connectivity index (χ1v) is 7.17. The van der Waals surface area contributed by atoms with Gasteiger partial charge < -0.3 is 14.4 Å². The average Bonchev–Trinajstić information content (AvgIpc) is 2.87. The molecule has 0 bridgehead atoms. The SMILES string of the molecule is S=C(S)N1CCN(Cc2ccc3c(c2)OCO3)CC1. The van der Waals surface area contributed by atoms with E-state index in [4.69, 9.17) is 21.7 Å². The maximum absolute atomic E-state index is 5.40. The molecule has 2 aliphatic heterocycles. The second-order valence-corrected chi connectivity index (χ2v) is 5.85. The second-order valence-electron chi connectivity index (χ2n) is 4.73. The largest absolute Gasteiger partial charge is 0.454 e. The third-order valence-electron chi connectivity index (χ3n) is 3.49. The van der Waals surface area contributed by atoms with Crippen molar-refractivity contribution >= 4 is 29.2 Å². The van der Waals surface area contributed by atoms with Crippen molar-refractivity contribution in [2.45, 2.75) is 6.54 Å². The van der Waals surface area contributed by atoms with Crippen LogP contribution in [0.5, 0.6) is 11.5 Å². The van der Waals surface area contributed by atoms with Gasteiger partial charge in [-0.15, -0.1) is 12.6 Å². The first-order valence-electron chi connectivity index (χ1n) is 6.31. The third-order valence-corrected chi connectivity index (χ3v) is 4.03. The molecule has 1 aromatic rings. The van der Waals surface area contributed by atoms with Gasteiger partial charge in [-0.3, -0.25) is 4.90 Å². The van der Waals surface area contributed by atoms with Gasteiger partial charge >= 0.3 is 0 Å². The summed E-state index contributed by atoms with van der Waals surface area (Å²) in [6.07, 6.45) is 0. The summed E-state index contributed by atoms with van der Waals surface area (Å²) >= 11 is 9.30. The zero-order chi connectivity index (χ0) is 13.2. The Labute approximate surface area is 123 Å². The molecule has 2 aliphatic rings. The summed E-state index contributed by atoms with van der Waals surface area (Å²) in [6, 6.07) is 6.15. The van der Waals surface area contributed by atoms with Gasteiger partial charge in [-0.25, -0.2) is 0 Å². The summed E-state index contributed by atoms with van der Waals surface area (Å²) < 4.78 is 11.4. The van der Waals surface area contributed by atoms with Crippen molar-refractivity contribution in [1.82, 2.24) is 9.80 Å². The molecule has 19 heavy (non-hydrogen) atoms. The summed E-state index contributed by atoms with van der Waals surface area (Å²) in [4.78, 5) is 4.55. The van der Waals surface area contributed by atoms with Crippen molar-refractivity contribution in [3.63, 3.8) is 0 Å². The molecule has 0 spiro atoms. The summed E-state index contributed by atoms with van der Waals surface area (Å²) in [5, 5.41) is 0. The molecule has 0 unspecified atom stereocenters. The number of thiocarbonyl (C=S) groups is 1. The Morgan fingerprint density at radius 1 is 1.16 bits per heavy atom. The van der Waals surface area contributed by atoms with Gasteiger partial charge in [0.1, 0.15) is 4.32 Å². The Morgan fingerprint density at radius 3 is 2.63 bits per heavy atom. The predicted molar refractivity (Wildman–Crippen MR) is 81.0 cm³/mol. The first kappa shape index (κ1) is 13.0. The fourth-order valence-corrected chi connectivity index (χ4v) is 2.78. The molecule has 0 aromatic heterocycles. The summed E-state index contributed by atoms with van der Waals surface area (Å²) in [7, 11) is 0. The van der Waals surface area contributed by atoms with Gasteiger partial charge in [-0.1, -0.05) is 18.3 Å². The van der Waals surface area contributed by atoms with E-state index in [9.17, 15) is 0 Å². The van der Waals surface area contributed by atoms with Crippen molar-refractivity contribution in [2.24, 2.45) is 0 Å². The second kappa shape index (κ2) is 5.56. The predicted octanol–water partition coefficient (Wildman–Crippen LogP) is 1.75. The van der Waals surface area contributed by atoms with Gasteiger partial charge in [0.15, 0.2) is 11.5 Å². The zero-order valence-corrected chi connectivity index (χ0v) is 12.3. The van der Waals surface area contributed by atoms with Crippen LogP contribution < -0.4 is 9.47 Å². The minimum absolute atomic E-state index is 0.330. The standard InChI is InChI=1S/C13H16N2O2S2/c18-13(19)15-5-3-14(4-6-15)8-10-1-2-11-12(7-10)17-9-16-11/h1-2,7H,3-6,8-9H2,(H,18,19). The highest BCUT2D eigenvalue weighted by molar-refractivity contribution is 8.10. The molecule has 1 aromatic carbocycles. The lowest BCUT2D eigenvalue weighted by molar-refractivity contribution is 0.173.